The molecule has 8 heteroatoms. The molecule has 1 aliphatic heterocycles. The first-order valence-corrected chi connectivity index (χ1v) is 11.7. The van der Waals surface area contributed by atoms with Crippen LogP contribution in [0.4, 0.5) is 0 Å². The number of halogens is 1. The van der Waals surface area contributed by atoms with Crippen LogP contribution in [0.25, 0.3) is 17.4 Å². The van der Waals surface area contributed by atoms with Crippen molar-refractivity contribution in [1.82, 2.24) is 4.90 Å². The van der Waals surface area contributed by atoms with Crippen LogP contribution in [0.5, 0.6) is 0 Å². The first kappa shape index (κ1) is 20.5. The number of hydrogen-bond acceptors (Lipinski definition) is 5. The maximum absolute atomic E-state index is 12.9. The van der Waals surface area contributed by atoms with E-state index in [1.807, 2.05) is 18.2 Å². The van der Waals surface area contributed by atoms with E-state index < -0.39 is 15.9 Å². The highest BCUT2D eigenvalue weighted by Crippen LogP contribution is 2.26. The van der Waals surface area contributed by atoms with Gasteiger partial charge in [0.25, 0.3) is 0 Å². The van der Waals surface area contributed by atoms with Crippen molar-refractivity contribution in [1.29, 1.82) is 0 Å². The van der Waals surface area contributed by atoms with Crippen LogP contribution in [-0.2, 0) is 21.2 Å². The molecule has 0 saturated carbocycles. The third kappa shape index (κ3) is 4.86. The Hall–Kier alpha value is -2.77. The van der Waals surface area contributed by atoms with E-state index in [0.29, 0.717) is 28.7 Å². The van der Waals surface area contributed by atoms with Gasteiger partial charge < -0.3 is 13.7 Å². The molecule has 3 heterocycles. The Morgan fingerprint density at radius 2 is 1.97 bits per heavy atom. The average Bonchev–Trinajstić information content (AvgIpc) is 3.46. The fraction of sp³-hybridized carbons (Fsp3) is 0.227. The minimum atomic E-state index is -3.15. The second kappa shape index (κ2) is 8.53. The summed E-state index contributed by atoms with van der Waals surface area (Å²) in [4.78, 5) is 14.5. The number of nitrogens with zero attached hydrogens (tertiary/aromatic N) is 1. The summed E-state index contributed by atoms with van der Waals surface area (Å²) in [6, 6.07) is 13.9. The topological polar surface area (TPSA) is 80.7 Å². The first-order valence-electron chi connectivity index (χ1n) is 9.47. The average molecular weight is 446 g/mol. The zero-order chi connectivity index (χ0) is 21.1. The van der Waals surface area contributed by atoms with Crippen molar-refractivity contribution in [2.75, 3.05) is 11.5 Å². The van der Waals surface area contributed by atoms with Crippen molar-refractivity contribution < 1.29 is 22.0 Å². The minimum Gasteiger partial charge on any atom is -0.465 e. The number of carbonyl (C=O) groups excluding carboxylic acids is 1. The summed E-state index contributed by atoms with van der Waals surface area (Å²) in [6.45, 7) is 0.176. The van der Waals surface area contributed by atoms with Crippen LogP contribution in [0.1, 0.15) is 17.9 Å². The molecule has 1 aliphatic rings. The van der Waals surface area contributed by atoms with Gasteiger partial charge in [-0.25, -0.2) is 8.42 Å². The summed E-state index contributed by atoms with van der Waals surface area (Å²) in [5.41, 5.74) is 0.865. The molecular weight excluding hydrogens is 426 g/mol. The molecule has 1 fully saturated rings. The molecule has 4 rings (SSSR count). The van der Waals surface area contributed by atoms with Gasteiger partial charge >= 0.3 is 0 Å². The van der Waals surface area contributed by atoms with Gasteiger partial charge in [0.05, 0.1) is 24.3 Å². The molecule has 3 aromatic rings. The molecule has 1 saturated heterocycles. The quantitative estimate of drug-likeness (QED) is 0.524. The Balaban J connectivity index is 1.55. The largest absolute Gasteiger partial charge is 0.465 e. The Kier molecular flexibility index (Phi) is 5.83. The summed E-state index contributed by atoms with van der Waals surface area (Å²) in [5.74, 6) is 1.52. The predicted molar refractivity (Wildman–Crippen MR) is 115 cm³/mol. The maximum atomic E-state index is 12.9. The summed E-state index contributed by atoms with van der Waals surface area (Å²) in [6.07, 6.45) is 4.90. The molecule has 1 aromatic carbocycles. The SMILES string of the molecule is O=C(/C=C/c1ccco1)N(Cc1ccc(-c2ccc(Cl)cc2)o1)C1CCS(=O)(=O)C1. The second-order valence-electron chi connectivity index (χ2n) is 7.14. The molecule has 156 valence electrons. The lowest BCUT2D eigenvalue weighted by molar-refractivity contribution is -0.128. The molecular formula is C22H20ClNO5S. The molecule has 1 unspecified atom stereocenters. The number of furan rings is 2. The van der Waals surface area contributed by atoms with Gasteiger partial charge in [-0.05, 0) is 61.0 Å². The summed E-state index contributed by atoms with van der Waals surface area (Å²) in [7, 11) is -3.15. The molecule has 1 atom stereocenters. The molecule has 6 nitrogen and oxygen atoms in total. The van der Waals surface area contributed by atoms with Gasteiger partial charge in [0.2, 0.25) is 5.91 Å². The van der Waals surface area contributed by atoms with Crippen LogP contribution >= 0.6 is 11.6 Å². The monoisotopic (exact) mass is 445 g/mol. The van der Waals surface area contributed by atoms with Gasteiger partial charge in [-0.2, -0.15) is 0 Å². The number of carbonyl (C=O) groups is 1. The van der Waals surface area contributed by atoms with Crippen LogP contribution in [0.2, 0.25) is 5.02 Å². The lowest BCUT2D eigenvalue weighted by Gasteiger charge is -2.26. The Morgan fingerprint density at radius 1 is 1.17 bits per heavy atom. The van der Waals surface area contributed by atoms with E-state index in [0.717, 1.165) is 5.56 Å². The van der Waals surface area contributed by atoms with E-state index in [-0.39, 0.29) is 24.0 Å². The number of benzene rings is 1. The Labute approximate surface area is 179 Å². The zero-order valence-electron chi connectivity index (χ0n) is 16.0. The molecule has 0 bridgehead atoms. The Morgan fingerprint density at radius 3 is 2.63 bits per heavy atom. The molecule has 0 radical (unpaired) electrons. The highest BCUT2D eigenvalue weighted by Gasteiger charge is 2.34. The Bertz CT molecular complexity index is 1150. The maximum Gasteiger partial charge on any atom is 0.247 e. The van der Waals surface area contributed by atoms with E-state index in [1.54, 1.807) is 41.3 Å². The third-order valence-corrected chi connectivity index (χ3v) is 6.98. The van der Waals surface area contributed by atoms with Gasteiger partial charge in [0.15, 0.2) is 9.84 Å². The van der Waals surface area contributed by atoms with E-state index in [2.05, 4.69) is 0 Å². The van der Waals surface area contributed by atoms with Gasteiger partial charge in [0, 0.05) is 22.7 Å². The third-order valence-electron chi connectivity index (χ3n) is 4.98. The van der Waals surface area contributed by atoms with Crippen LogP contribution in [0.3, 0.4) is 0 Å². The van der Waals surface area contributed by atoms with Crippen molar-refractivity contribution in [2.45, 2.75) is 19.0 Å². The normalized spacial score (nSPS) is 18.1. The second-order valence-corrected chi connectivity index (χ2v) is 9.81. The number of amides is 1. The fourth-order valence-corrected chi connectivity index (χ4v) is 5.30. The molecule has 2 aromatic heterocycles. The standard InChI is InChI=1S/C22H20ClNO5S/c23-17-5-3-16(4-6-17)21-9-7-20(29-21)14-24(18-11-13-30(26,27)15-18)22(25)10-8-19-2-1-12-28-19/h1-10,12,18H,11,13-15H2/b10-8+. The van der Waals surface area contributed by atoms with Crippen LogP contribution < -0.4 is 0 Å². The lowest BCUT2D eigenvalue weighted by atomic mass is 10.2. The zero-order valence-corrected chi connectivity index (χ0v) is 17.6. The highest BCUT2D eigenvalue weighted by molar-refractivity contribution is 7.91. The van der Waals surface area contributed by atoms with Crippen LogP contribution in [0.15, 0.2) is 69.7 Å². The lowest BCUT2D eigenvalue weighted by Crippen LogP contribution is -2.39. The van der Waals surface area contributed by atoms with E-state index in [9.17, 15) is 13.2 Å². The highest BCUT2D eigenvalue weighted by atomic mass is 35.5. The van der Waals surface area contributed by atoms with Gasteiger partial charge in [-0.3, -0.25) is 4.79 Å². The molecule has 30 heavy (non-hydrogen) atoms. The summed E-state index contributed by atoms with van der Waals surface area (Å²) in [5, 5.41) is 0.632. The van der Waals surface area contributed by atoms with Gasteiger partial charge in [0.1, 0.15) is 17.3 Å². The van der Waals surface area contributed by atoms with Crippen molar-refractivity contribution in [3.8, 4) is 11.3 Å². The summed E-state index contributed by atoms with van der Waals surface area (Å²) >= 11 is 5.93. The molecule has 1 amide bonds. The van der Waals surface area contributed by atoms with E-state index in [4.69, 9.17) is 20.4 Å². The number of rotatable bonds is 6. The summed E-state index contributed by atoms with van der Waals surface area (Å²) < 4.78 is 35.1. The molecule has 0 N–H and O–H groups in total. The first-order chi connectivity index (χ1) is 14.4. The van der Waals surface area contributed by atoms with Crippen LogP contribution in [0, 0.1) is 0 Å². The molecule has 0 aliphatic carbocycles. The fourth-order valence-electron chi connectivity index (χ4n) is 3.44. The van der Waals surface area contributed by atoms with Crippen molar-refractivity contribution >= 4 is 33.4 Å². The van der Waals surface area contributed by atoms with E-state index >= 15 is 0 Å². The van der Waals surface area contributed by atoms with E-state index in [1.165, 1.54) is 12.3 Å². The van der Waals surface area contributed by atoms with Crippen molar-refractivity contribution in [3.63, 3.8) is 0 Å². The van der Waals surface area contributed by atoms with Gasteiger partial charge in [-0.1, -0.05) is 11.6 Å². The van der Waals surface area contributed by atoms with Crippen LogP contribution in [-0.4, -0.2) is 36.8 Å². The van der Waals surface area contributed by atoms with Crippen molar-refractivity contribution in [3.05, 3.63) is 77.4 Å². The predicted octanol–water partition coefficient (Wildman–Crippen LogP) is 4.42. The number of hydrogen-bond donors (Lipinski definition) is 0. The number of sulfone groups is 1. The molecule has 0 spiro atoms. The van der Waals surface area contributed by atoms with Gasteiger partial charge in [-0.15, -0.1) is 0 Å². The smallest absolute Gasteiger partial charge is 0.247 e. The van der Waals surface area contributed by atoms with Crippen molar-refractivity contribution in [2.24, 2.45) is 0 Å². The minimum absolute atomic E-state index is 0.0436.